The van der Waals surface area contributed by atoms with Gasteiger partial charge in [0.05, 0.1) is 0 Å². The normalized spacial score (nSPS) is 35.5. The fraction of sp³-hybridized carbons (Fsp3) is 0.714. The summed E-state index contributed by atoms with van der Waals surface area (Å²) < 4.78 is 0. The van der Waals surface area contributed by atoms with Gasteiger partial charge in [-0.05, 0) is 127 Å². The molecule has 0 nitrogen and oxygen atoms in total. The fourth-order valence-corrected chi connectivity index (χ4v) is 11.8. The first-order chi connectivity index (χ1) is 20.0. The molecule has 0 heterocycles. The van der Waals surface area contributed by atoms with Crippen molar-refractivity contribution in [2.45, 2.75) is 125 Å². The first-order valence-electron chi connectivity index (χ1n) is 18.2. The third-order valence-electron chi connectivity index (χ3n) is 13.7. The molecule has 4 fully saturated rings. The Morgan fingerprint density at radius 2 is 0.976 bits per heavy atom. The van der Waals surface area contributed by atoms with Crippen LogP contribution in [-0.4, -0.2) is 0 Å². The van der Waals surface area contributed by atoms with Crippen LogP contribution in [0, 0.1) is 64.1 Å². The first kappa shape index (κ1) is 30.5. The quantitative estimate of drug-likeness (QED) is 0.326. The number of rotatable bonds is 6. The average molecular weight is 567 g/mol. The highest BCUT2D eigenvalue weighted by Gasteiger charge is 2.63. The lowest BCUT2D eigenvalue weighted by molar-refractivity contribution is 0.0420. The molecule has 0 heteroatoms. The average Bonchev–Trinajstić information content (AvgIpc) is 3.57. The van der Waals surface area contributed by atoms with E-state index in [1.54, 1.807) is 11.1 Å². The lowest BCUT2D eigenvalue weighted by atomic mass is 9.50. The van der Waals surface area contributed by atoms with Crippen molar-refractivity contribution in [2.24, 2.45) is 64.1 Å². The second-order valence-electron chi connectivity index (χ2n) is 17.7. The third kappa shape index (κ3) is 5.34. The zero-order chi connectivity index (χ0) is 29.7. The Morgan fingerprint density at radius 1 is 0.524 bits per heavy atom. The Morgan fingerprint density at radius 3 is 1.40 bits per heavy atom. The predicted octanol–water partition coefficient (Wildman–Crippen LogP) is 12.0. The molecule has 0 spiro atoms. The monoisotopic (exact) mass is 566 g/mol. The van der Waals surface area contributed by atoms with E-state index in [2.05, 4.69) is 109 Å². The Balaban J connectivity index is 1.57. The Hall–Kier alpha value is -1.56. The molecule has 0 saturated heterocycles. The molecule has 0 bridgehead atoms. The van der Waals surface area contributed by atoms with Crippen LogP contribution in [0.2, 0.25) is 0 Å². The van der Waals surface area contributed by atoms with Crippen molar-refractivity contribution in [1.82, 2.24) is 0 Å². The molecule has 2 aromatic carbocycles. The van der Waals surface area contributed by atoms with Crippen LogP contribution >= 0.6 is 0 Å². The van der Waals surface area contributed by atoms with Crippen molar-refractivity contribution in [3.8, 4) is 0 Å². The summed E-state index contributed by atoms with van der Waals surface area (Å²) in [6, 6.07) is 24.3. The Bertz CT molecular complexity index is 1070. The summed E-state index contributed by atoms with van der Waals surface area (Å²) in [5.41, 5.74) is 4.22. The largest absolute Gasteiger partial charge is 0.0654 e. The molecule has 8 atom stereocenters. The molecule has 4 aliphatic rings. The van der Waals surface area contributed by atoms with E-state index in [9.17, 15) is 0 Å². The van der Waals surface area contributed by atoms with Crippen LogP contribution in [0.3, 0.4) is 0 Å². The standard InChI is InChI=1S/C42H62/c1-8-15-29-20-21-34(26-29)42(30-16-11-9-12-17-30,31-18-13-10-14-19-31)39-37-27-32(40(2,3)4)22-24-35(37)36-25-23-33(28-38(36)39)41(5,6)7/h9-14,16-19,29,32-39H,8,15,20-28H2,1-7H3. The summed E-state index contributed by atoms with van der Waals surface area (Å²) in [6.07, 6.45) is 15.8. The van der Waals surface area contributed by atoms with E-state index in [1.807, 2.05) is 0 Å². The lowest BCUT2D eigenvalue weighted by Gasteiger charge is -2.53. The smallest absolute Gasteiger partial charge is 0.0264 e. The molecule has 0 N–H and O–H groups in total. The Labute approximate surface area is 259 Å². The summed E-state index contributed by atoms with van der Waals surface area (Å²) in [4.78, 5) is 0. The van der Waals surface area contributed by atoms with E-state index >= 15 is 0 Å². The van der Waals surface area contributed by atoms with Crippen LogP contribution in [-0.2, 0) is 5.41 Å². The zero-order valence-electron chi connectivity index (χ0n) is 28.2. The van der Waals surface area contributed by atoms with Crippen LogP contribution in [0.5, 0.6) is 0 Å². The zero-order valence-corrected chi connectivity index (χ0v) is 28.2. The molecule has 0 aromatic heterocycles. The van der Waals surface area contributed by atoms with Crippen LogP contribution in [0.4, 0.5) is 0 Å². The van der Waals surface area contributed by atoms with Gasteiger partial charge in [-0.2, -0.15) is 0 Å². The topological polar surface area (TPSA) is 0 Å². The number of hydrogen-bond acceptors (Lipinski definition) is 0. The van der Waals surface area contributed by atoms with Gasteiger partial charge >= 0.3 is 0 Å². The molecule has 0 aliphatic heterocycles. The van der Waals surface area contributed by atoms with Gasteiger partial charge < -0.3 is 0 Å². The van der Waals surface area contributed by atoms with Crippen molar-refractivity contribution in [1.29, 1.82) is 0 Å². The Kier molecular flexibility index (Phi) is 8.52. The molecular weight excluding hydrogens is 504 g/mol. The van der Waals surface area contributed by atoms with Crippen LogP contribution in [0.1, 0.15) is 130 Å². The van der Waals surface area contributed by atoms with Gasteiger partial charge in [0.2, 0.25) is 0 Å². The minimum atomic E-state index is 0.118. The second kappa shape index (κ2) is 11.7. The molecule has 4 saturated carbocycles. The number of hydrogen-bond donors (Lipinski definition) is 0. The van der Waals surface area contributed by atoms with Gasteiger partial charge in [0.25, 0.3) is 0 Å². The summed E-state index contributed by atoms with van der Waals surface area (Å²) in [7, 11) is 0. The highest BCUT2D eigenvalue weighted by molar-refractivity contribution is 5.43. The minimum Gasteiger partial charge on any atom is -0.0654 e. The van der Waals surface area contributed by atoms with Gasteiger partial charge in [-0.25, -0.2) is 0 Å². The summed E-state index contributed by atoms with van der Waals surface area (Å²) in [5, 5.41) is 0. The van der Waals surface area contributed by atoms with Gasteiger partial charge in [0.15, 0.2) is 0 Å². The summed E-state index contributed by atoms with van der Waals surface area (Å²) in [5.74, 6) is 7.65. The lowest BCUT2D eigenvalue weighted by Crippen LogP contribution is -2.49. The van der Waals surface area contributed by atoms with E-state index in [0.29, 0.717) is 10.8 Å². The van der Waals surface area contributed by atoms with E-state index in [4.69, 9.17) is 0 Å². The molecule has 6 rings (SSSR count). The van der Waals surface area contributed by atoms with Crippen molar-refractivity contribution in [3.05, 3.63) is 71.8 Å². The highest BCUT2D eigenvalue weighted by Crippen LogP contribution is 2.69. The van der Waals surface area contributed by atoms with Gasteiger partial charge in [0, 0.05) is 5.41 Å². The van der Waals surface area contributed by atoms with Gasteiger partial charge in [-0.15, -0.1) is 0 Å². The molecule has 42 heavy (non-hydrogen) atoms. The van der Waals surface area contributed by atoms with Gasteiger partial charge in [-0.3, -0.25) is 0 Å². The SMILES string of the molecule is CCCC1CCC(C(c2ccccc2)(c2ccccc2)C2C3CC(C(C)(C)C)CCC3C3CCC(C(C)(C)C)CC32)C1. The molecule has 230 valence electrons. The first-order valence-corrected chi connectivity index (χ1v) is 18.2. The minimum absolute atomic E-state index is 0.118. The maximum atomic E-state index is 2.57. The molecule has 0 radical (unpaired) electrons. The predicted molar refractivity (Wildman–Crippen MR) is 180 cm³/mol. The molecule has 8 unspecified atom stereocenters. The van der Waals surface area contributed by atoms with Crippen molar-refractivity contribution >= 4 is 0 Å². The third-order valence-corrected chi connectivity index (χ3v) is 13.7. The molecular formula is C42H62. The summed E-state index contributed by atoms with van der Waals surface area (Å²) >= 11 is 0. The second-order valence-corrected chi connectivity index (χ2v) is 17.7. The van der Waals surface area contributed by atoms with E-state index in [0.717, 1.165) is 53.3 Å². The van der Waals surface area contributed by atoms with Crippen molar-refractivity contribution in [2.75, 3.05) is 0 Å². The summed E-state index contributed by atoms with van der Waals surface area (Å²) in [6.45, 7) is 17.6. The molecule has 2 aromatic rings. The molecule has 4 aliphatic carbocycles. The number of benzene rings is 2. The van der Waals surface area contributed by atoms with Crippen LogP contribution in [0.25, 0.3) is 0 Å². The van der Waals surface area contributed by atoms with Gasteiger partial charge in [-0.1, -0.05) is 128 Å². The maximum absolute atomic E-state index is 2.57. The van der Waals surface area contributed by atoms with Crippen molar-refractivity contribution in [3.63, 3.8) is 0 Å². The van der Waals surface area contributed by atoms with Crippen LogP contribution < -0.4 is 0 Å². The van der Waals surface area contributed by atoms with E-state index in [1.165, 1.54) is 70.6 Å². The van der Waals surface area contributed by atoms with E-state index < -0.39 is 0 Å². The van der Waals surface area contributed by atoms with E-state index in [-0.39, 0.29) is 5.41 Å². The highest BCUT2D eigenvalue weighted by atomic mass is 14.7. The number of fused-ring (bicyclic) bond motifs is 3. The van der Waals surface area contributed by atoms with Gasteiger partial charge in [0.1, 0.15) is 0 Å². The van der Waals surface area contributed by atoms with Crippen molar-refractivity contribution < 1.29 is 0 Å². The molecule has 0 amide bonds. The van der Waals surface area contributed by atoms with Crippen LogP contribution in [0.15, 0.2) is 60.7 Å². The fourth-order valence-electron chi connectivity index (χ4n) is 11.8. The maximum Gasteiger partial charge on any atom is 0.0264 e.